The molecule has 2 aliphatic rings. The summed E-state index contributed by atoms with van der Waals surface area (Å²) in [6, 6.07) is 7.32. The van der Waals surface area contributed by atoms with E-state index in [4.69, 9.17) is 0 Å². The number of rotatable bonds is 2. The lowest BCUT2D eigenvalue weighted by Crippen LogP contribution is -2.55. The van der Waals surface area contributed by atoms with Crippen LogP contribution < -0.4 is 4.90 Å². The first kappa shape index (κ1) is 12.7. The topological polar surface area (TPSA) is 23.6 Å². The normalized spacial score (nSPS) is 27.4. The van der Waals surface area contributed by atoms with Crippen molar-refractivity contribution in [1.29, 1.82) is 0 Å². The molecule has 2 fully saturated rings. The molecule has 3 nitrogen and oxygen atoms in total. The van der Waals surface area contributed by atoms with Gasteiger partial charge in [-0.25, -0.2) is 0 Å². The molecule has 2 saturated heterocycles. The predicted octanol–water partition coefficient (Wildman–Crippen LogP) is 2.48. The molecule has 19 heavy (non-hydrogen) atoms. The third kappa shape index (κ3) is 2.27. The van der Waals surface area contributed by atoms with E-state index in [1.807, 2.05) is 12.1 Å². The summed E-state index contributed by atoms with van der Waals surface area (Å²) >= 11 is 0. The van der Waals surface area contributed by atoms with Gasteiger partial charge >= 0.3 is 0 Å². The second-order valence-electron chi connectivity index (χ2n) is 5.96. The highest BCUT2D eigenvalue weighted by molar-refractivity contribution is 5.77. The van der Waals surface area contributed by atoms with Gasteiger partial charge in [0.15, 0.2) is 0 Å². The Kier molecular flexibility index (Phi) is 3.31. The maximum Gasteiger partial charge on any atom is 0.150 e. The summed E-state index contributed by atoms with van der Waals surface area (Å²) in [7, 11) is 0. The molecule has 1 aromatic carbocycles. The van der Waals surface area contributed by atoms with E-state index in [1.165, 1.54) is 37.2 Å². The molecule has 2 unspecified atom stereocenters. The first-order valence-corrected chi connectivity index (χ1v) is 7.25. The van der Waals surface area contributed by atoms with Crippen LogP contribution in [0.1, 0.15) is 35.7 Å². The van der Waals surface area contributed by atoms with Gasteiger partial charge in [-0.15, -0.1) is 0 Å². The molecule has 0 radical (unpaired) electrons. The zero-order valence-corrected chi connectivity index (χ0v) is 11.8. The maximum absolute atomic E-state index is 10.8. The smallest absolute Gasteiger partial charge is 0.150 e. The van der Waals surface area contributed by atoms with Gasteiger partial charge in [-0.3, -0.25) is 9.69 Å². The van der Waals surface area contributed by atoms with Gasteiger partial charge in [0, 0.05) is 36.4 Å². The lowest BCUT2D eigenvalue weighted by Gasteiger charge is -2.44. The molecular formula is C16H22N2O. The maximum atomic E-state index is 10.8. The summed E-state index contributed by atoms with van der Waals surface area (Å²) in [5, 5.41) is 0. The SMILES string of the molecule is Cc1cc(C=O)ccc1N1CC2CCCN2CC1C. The molecule has 1 aromatic rings. The van der Waals surface area contributed by atoms with Gasteiger partial charge in [0.1, 0.15) is 6.29 Å². The van der Waals surface area contributed by atoms with Crippen LogP contribution in [0.4, 0.5) is 5.69 Å². The summed E-state index contributed by atoms with van der Waals surface area (Å²) in [4.78, 5) is 16.0. The molecule has 0 aliphatic carbocycles. The Bertz CT molecular complexity index is 486. The number of carbonyl (C=O) groups is 1. The Balaban J connectivity index is 1.86. The molecule has 2 aliphatic heterocycles. The van der Waals surface area contributed by atoms with E-state index in [2.05, 4.69) is 29.7 Å². The van der Waals surface area contributed by atoms with E-state index in [-0.39, 0.29) is 0 Å². The van der Waals surface area contributed by atoms with Gasteiger partial charge in [-0.1, -0.05) is 0 Å². The number of nitrogens with zero attached hydrogens (tertiary/aromatic N) is 2. The fourth-order valence-corrected chi connectivity index (χ4v) is 3.60. The highest BCUT2D eigenvalue weighted by Crippen LogP contribution is 2.30. The Morgan fingerprint density at radius 3 is 2.89 bits per heavy atom. The predicted molar refractivity (Wildman–Crippen MR) is 78.0 cm³/mol. The van der Waals surface area contributed by atoms with Crippen LogP contribution in [0.25, 0.3) is 0 Å². The zero-order valence-electron chi connectivity index (χ0n) is 11.8. The Morgan fingerprint density at radius 2 is 2.16 bits per heavy atom. The molecular weight excluding hydrogens is 236 g/mol. The van der Waals surface area contributed by atoms with E-state index in [9.17, 15) is 4.79 Å². The van der Waals surface area contributed by atoms with E-state index in [0.717, 1.165) is 24.4 Å². The van der Waals surface area contributed by atoms with Crippen molar-refractivity contribution in [2.45, 2.75) is 38.8 Å². The summed E-state index contributed by atoms with van der Waals surface area (Å²) < 4.78 is 0. The fourth-order valence-electron chi connectivity index (χ4n) is 3.60. The number of piperazine rings is 1. The van der Waals surface area contributed by atoms with Crippen molar-refractivity contribution in [2.24, 2.45) is 0 Å². The number of hydrogen-bond acceptors (Lipinski definition) is 3. The second kappa shape index (κ2) is 4.97. The highest BCUT2D eigenvalue weighted by Gasteiger charge is 2.34. The molecule has 0 spiro atoms. The molecule has 0 amide bonds. The van der Waals surface area contributed by atoms with Crippen LogP contribution in [0.15, 0.2) is 18.2 Å². The summed E-state index contributed by atoms with van der Waals surface area (Å²) in [5.74, 6) is 0. The van der Waals surface area contributed by atoms with Crippen molar-refractivity contribution < 1.29 is 4.79 Å². The van der Waals surface area contributed by atoms with Crippen molar-refractivity contribution in [1.82, 2.24) is 4.90 Å². The average molecular weight is 258 g/mol. The molecule has 0 aromatic heterocycles. The van der Waals surface area contributed by atoms with Crippen LogP contribution in [-0.4, -0.2) is 42.9 Å². The zero-order chi connectivity index (χ0) is 13.4. The van der Waals surface area contributed by atoms with Crippen LogP contribution in [0.5, 0.6) is 0 Å². The van der Waals surface area contributed by atoms with Crippen molar-refractivity contribution >= 4 is 12.0 Å². The fraction of sp³-hybridized carbons (Fsp3) is 0.562. The van der Waals surface area contributed by atoms with Gasteiger partial charge in [0.05, 0.1) is 0 Å². The number of benzene rings is 1. The Hall–Kier alpha value is -1.35. The minimum absolute atomic E-state index is 0.551. The molecule has 0 saturated carbocycles. The van der Waals surface area contributed by atoms with E-state index in [1.54, 1.807) is 0 Å². The number of aryl methyl sites for hydroxylation is 1. The summed E-state index contributed by atoms with van der Waals surface area (Å²) in [5.41, 5.74) is 3.28. The highest BCUT2D eigenvalue weighted by atomic mass is 16.1. The summed E-state index contributed by atoms with van der Waals surface area (Å²) in [6.07, 6.45) is 3.60. The van der Waals surface area contributed by atoms with Gasteiger partial charge < -0.3 is 4.90 Å². The Morgan fingerprint density at radius 1 is 1.32 bits per heavy atom. The third-order valence-corrected chi connectivity index (χ3v) is 4.60. The minimum Gasteiger partial charge on any atom is -0.366 e. The molecule has 2 heterocycles. The second-order valence-corrected chi connectivity index (χ2v) is 5.96. The van der Waals surface area contributed by atoms with Crippen LogP contribution in [0.3, 0.4) is 0 Å². The lowest BCUT2D eigenvalue weighted by atomic mass is 10.0. The monoisotopic (exact) mass is 258 g/mol. The number of carbonyl (C=O) groups excluding carboxylic acids is 1. The number of fused-ring (bicyclic) bond motifs is 1. The van der Waals surface area contributed by atoms with Crippen molar-refractivity contribution in [3.8, 4) is 0 Å². The quantitative estimate of drug-likeness (QED) is 0.761. The van der Waals surface area contributed by atoms with Crippen molar-refractivity contribution in [2.75, 3.05) is 24.5 Å². The molecule has 0 N–H and O–H groups in total. The molecule has 102 valence electrons. The first-order chi connectivity index (χ1) is 9.19. The van der Waals surface area contributed by atoms with Crippen molar-refractivity contribution in [3.63, 3.8) is 0 Å². The standard InChI is InChI=1S/C16H22N2O/c1-12-8-14(11-19)5-6-16(12)18-10-15-4-3-7-17(15)9-13(18)2/h5-6,8,11,13,15H,3-4,7,9-10H2,1-2H3. The molecule has 0 bridgehead atoms. The number of hydrogen-bond donors (Lipinski definition) is 0. The van der Waals surface area contributed by atoms with Crippen LogP contribution in [-0.2, 0) is 0 Å². The first-order valence-electron chi connectivity index (χ1n) is 7.25. The average Bonchev–Trinajstić information content (AvgIpc) is 2.85. The van der Waals surface area contributed by atoms with Gasteiger partial charge in [0.2, 0.25) is 0 Å². The minimum atomic E-state index is 0.551. The van der Waals surface area contributed by atoms with Gasteiger partial charge in [-0.2, -0.15) is 0 Å². The lowest BCUT2D eigenvalue weighted by molar-refractivity contribution is 0.112. The molecule has 2 atom stereocenters. The van der Waals surface area contributed by atoms with Crippen LogP contribution >= 0.6 is 0 Å². The number of aldehydes is 1. The largest absolute Gasteiger partial charge is 0.366 e. The van der Waals surface area contributed by atoms with E-state index >= 15 is 0 Å². The molecule has 3 rings (SSSR count). The third-order valence-electron chi connectivity index (χ3n) is 4.60. The Labute approximate surface area is 115 Å². The van der Waals surface area contributed by atoms with Crippen LogP contribution in [0.2, 0.25) is 0 Å². The number of anilines is 1. The molecule has 3 heteroatoms. The van der Waals surface area contributed by atoms with Crippen molar-refractivity contribution in [3.05, 3.63) is 29.3 Å². The van der Waals surface area contributed by atoms with Crippen LogP contribution in [0, 0.1) is 6.92 Å². The van der Waals surface area contributed by atoms with E-state index < -0.39 is 0 Å². The van der Waals surface area contributed by atoms with Gasteiger partial charge in [-0.05, 0) is 57.0 Å². The summed E-state index contributed by atoms with van der Waals surface area (Å²) in [6.45, 7) is 7.98. The van der Waals surface area contributed by atoms with Gasteiger partial charge in [0.25, 0.3) is 0 Å². The van der Waals surface area contributed by atoms with E-state index in [0.29, 0.717) is 6.04 Å².